The van der Waals surface area contributed by atoms with Crippen LogP contribution in [0.15, 0.2) is 54.6 Å². The van der Waals surface area contributed by atoms with E-state index in [4.69, 9.17) is 0 Å². The molecular weight excluding hydrogens is 324 g/mol. The highest BCUT2D eigenvalue weighted by Crippen LogP contribution is 2.25. The highest BCUT2D eigenvalue weighted by atomic mass is 16.2. The lowest BCUT2D eigenvalue weighted by atomic mass is 9.95. The highest BCUT2D eigenvalue weighted by Gasteiger charge is 2.41. The van der Waals surface area contributed by atoms with Gasteiger partial charge in [0.15, 0.2) is 0 Å². The van der Waals surface area contributed by atoms with Gasteiger partial charge in [-0.05, 0) is 29.0 Å². The van der Waals surface area contributed by atoms with Gasteiger partial charge >= 0.3 is 6.03 Å². The van der Waals surface area contributed by atoms with Gasteiger partial charge in [0.1, 0.15) is 0 Å². The summed E-state index contributed by atoms with van der Waals surface area (Å²) in [5.74, 6) is 0.402. The molecule has 0 aromatic heterocycles. The highest BCUT2D eigenvalue weighted by molar-refractivity contribution is 5.99. The van der Waals surface area contributed by atoms with Crippen molar-refractivity contribution in [2.24, 2.45) is 0 Å². The van der Waals surface area contributed by atoms with Crippen LogP contribution in [0.25, 0.3) is 0 Å². The fraction of sp³-hybridized carbons (Fsp3) is 0.364. The largest absolute Gasteiger partial charge is 0.327 e. The van der Waals surface area contributed by atoms with Gasteiger partial charge in [0.05, 0.1) is 6.04 Å². The average Bonchev–Trinajstić information content (AvgIpc) is 2.62. The van der Waals surface area contributed by atoms with E-state index in [-0.39, 0.29) is 18.0 Å². The van der Waals surface area contributed by atoms with Crippen LogP contribution in [0, 0.1) is 0 Å². The number of hydrogen-bond donors (Lipinski definition) is 0. The summed E-state index contributed by atoms with van der Waals surface area (Å²) in [6.45, 7) is 4.82. The summed E-state index contributed by atoms with van der Waals surface area (Å²) in [4.78, 5) is 27.8. The third kappa shape index (κ3) is 3.96. The molecule has 3 amide bonds. The number of urea groups is 1. The molecule has 1 atom stereocenters. The Labute approximate surface area is 155 Å². The second-order valence-electron chi connectivity index (χ2n) is 7.35. The Morgan fingerprint density at radius 1 is 1.08 bits per heavy atom. The molecule has 1 saturated heterocycles. The Morgan fingerprint density at radius 2 is 1.73 bits per heavy atom. The van der Waals surface area contributed by atoms with E-state index in [0.717, 1.165) is 17.5 Å². The van der Waals surface area contributed by atoms with Crippen molar-refractivity contribution in [1.29, 1.82) is 0 Å². The van der Waals surface area contributed by atoms with Crippen LogP contribution < -0.4 is 0 Å². The van der Waals surface area contributed by atoms with Crippen LogP contribution in [-0.2, 0) is 17.8 Å². The zero-order valence-corrected chi connectivity index (χ0v) is 15.7. The van der Waals surface area contributed by atoms with Crippen molar-refractivity contribution in [2.75, 3.05) is 7.05 Å². The number of hydrogen-bond acceptors (Lipinski definition) is 2. The molecule has 1 aliphatic heterocycles. The number of imide groups is 1. The quantitative estimate of drug-likeness (QED) is 0.758. The molecule has 4 heteroatoms. The van der Waals surface area contributed by atoms with Crippen LogP contribution in [0.5, 0.6) is 0 Å². The summed E-state index contributed by atoms with van der Waals surface area (Å²) in [6, 6.07) is 18.1. The Morgan fingerprint density at radius 3 is 2.31 bits per heavy atom. The molecule has 2 aromatic rings. The molecule has 0 aliphatic carbocycles. The minimum Gasteiger partial charge on any atom is -0.323 e. The molecule has 0 spiro atoms. The summed E-state index contributed by atoms with van der Waals surface area (Å²) >= 11 is 0. The third-order valence-corrected chi connectivity index (χ3v) is 4.96. The van der Waals surface area contributed by atoms with Crippen molar-refractivity contribution in [2.45, 2.75) is 45.2 Å². The van der Waals surface area contributed by atoms with Crippen molar-refractivity contribution < 1.29 is 9.59 Å². The summed E-state index contributed by atoms with van der Waals surface area (Å²) in [5, 5.41) is 0. The lowest BCUT2D eigenvalue weighted by Crippen LogP contribution is -2.59. The van der Waals surface area contributed by atoms with Crippen molar-refractivity contribution in [3.8, 4) is 0 Å². The zero-order chi connectivity index (χ0) is 18.7. The van der Waals surface area contributed by atoms with Gasteiger partial charge in [-0.1, -0.05) is 68.4 Å². The molecule has 4 nitrogen and oxygen atoms in total. The van der Waals surface area contributed by atoms with E-state index < -0.39 is 0 Å². The molecule has 26 heavy (non-hydrogen) atoms. The number of rotatable bonds is 5. The summed E-state index contributed by atoms with van der Waals surface area (Å²) < 4.78 is 0. The molecule has 0 radical (unpaired) electrons. The van der Waals surface area contributed by atoms with Crippen molar-refractivity contribution in [3.05, 3.63) is 71.3 Å². The van der Waals surface area contributed by atoms with E-state index in [2.05, 4.69) is 38.1 Å². The number of β-lactam (4-membered cyclic amide) rings is 1. The summed E-state index contributed by atoms with van der Waals surface area (Å²) in [7, 11) is 1.75. The predicted molar refractivity (Wildman–Crippen MR) is 103 cm³/mol. The topological polar surface area (TPSA) is 40.6 Å². The first-order valence-electron chi connectivity index (χ1n) is 9.15. The monoisotopic (exact) mass is 350 g/mol. The van der Waals surface area contributed by atoms with Crippen LogP contribution in [0.1, 0.15) is 42.9 Å². The number of carbonyl (C=O) groups is 2. The number of amides is 3. The number of carbonyl (C=O) groups excluding carboxylic acids is 2. The molecule has 3 rings (SSSR count). The SMILES string of the molecule is CC(C)c1ccc(CN(C)C(=O)N2C(=O)C[C@@H]2Cc2ccccc2)cc1. The molecule has 0 saturated carbocycles. The van der Waals surface area contributed by atoms with Crippen LogP contribution in [0.2, 0.25) is 0 Å². The minimum atomic E-state index is -0.213. The Hall–Kier alpha value is -2.62. The van der Waals surface area contributed by atoms with E-state index >= 15 is 0 Å². The van der Waals surface area contributed by atoms with Gasteiger partial charge in [0.25, 0.3) is 0 Å². The second-order valence-corrected chi connectivity index (χ2v) is 7.35. The molecule has 136 valence electrons. The Balaban J connectivity index is 1.62. The van der Waals surface area contributed by atoms with E-state index in [9.17, 15) is 9.59 Å². The maximum Gasteiger partial charge on any atom is 0.327 e. The van der Waals surface area contributed by atoms with Crippen molar-refractivity contribution in [1.82, 2.24) is 9.80 Å². The Bertz CT molecular complexity index is 768. The fourth-order valence-corrected chi connectivity index (χ4v) is 3.33. The first-order chi connectivity index (χ1) is 12.5. The first kappa shape index (κ1) is 18.2. The fourth-order valence-electron chi connectivity index (χ4n) is 3.33. The van der Waals surface area contributed by atoms with Gasteiger partial charge in [-0.25, -0.2) is 4.79 Å². The number of nitrogens with zero attached hydrogens (tertiary/aromatic N) is 2. The van der Waals surface area contributed by atoms with E-state index in [0.29, 0.717) is 18.9 Å². The lowest BCUT2D eigenvalue weighted by molar-refractivity contribution is -0.141. The number of benzene rings is 2. The van der Waals surface area contributed by atoms with Crippen LogP contribution in [0.3, 0.4) is 0 Å². The lowest BCUT2D eigenvalue weighted by Gasteiger charge is -2.40. The summed E-state index contributed by atoms with van der Waals surface area (Å²) in [6.07, 6.45) is 1.16. The molecule has 1 fully saturated rings. The molecule has 0 N–H and O–H groups in total. The van der Waals surface area contributed by atoms with Crippen molar-refractivity contribution in [3.63, 3.8) is 0 Å². The first-order valence-corrected chi connectivity index (χ1v) is 9.15. The van der Waals surface area contributed by atoms with Gasteiger partial charge in [0.2, 0.25) is 5.91 Å². The van der Waals surface area contributed by atoms with Crippen LogP contribution in [0.4, 0.5) is 4.79 Å². The molecule has 0 unspecified atom stereocenters. The van der Waals surface area contributed by atoms with E-state index in [1.54, 1.807) is 11.9 Å². The molecular formula is C22H26N2O2. The molecule has 1 heterocycles. The van der Waals surface area contributed by atoms with Crippen LogP contribution in [-0.4, -0.2) is 34.8 Å². The van der Waals surface area contributed by atoms with Gasteiger partial charge in [-0.3, -0.25) is 9.69 Å². The van der Waals surface area contributed by atoms with Crippen LogP contribution >= 0.6 is 0 Å². The third-order valence-electron chi connectivity index (χ3n) is 4.96. The molecule has 2 aromatic carbocycles. The minimum absolute atomic E-state index is 0.0387. The van der Waals surface area contributed by atoms with Gasteiger partial charge in [-0.15, -0.1) is 0 Å². The maximum atomic E-state index is 12.7. The second kappa shape index (κ2) is 7.73. The normalized spacial score (nSPS) is 16.5. The molecule has 1 aliphatic rings. The van der Waals surface area contributed by atoms with Crippen molar-refractivity contribution >= 4 is 11.9 Å². The standard InChI is InChI=1S/C22H26N2O2/c1-16(2)19-11-9-18(10-12-19)15-23(3)22(26)24-20(14-21(24)25)13-17-7-5-4-6-8-17/h4-12,16,20H,13-15H2,1-3H3/t20-/m0/s1. The van der Waals surface area contributed by atoms with Gasteiger partial charge in [-0.2, -0.15) is 0 Å². The average molecular weight is 350 g/mol. The van der Waals surface area contributed by atoms with E-state index in [1.807, 2.05) is 30.3 Å². The Kier molecular flexibility index (Phi) is 5.40. The predicted octanol–water partition coefficient (Wildman–Crippen LogP) is 4.21. The van der Waals surface area contributed by atoms with Gasteiger partial charge < -0.3 is 4.90 Å². The van der Waals surface area contributed by atoms with E-state index in [1.165, 1.54) is 10.5 Å². The molecule has 0 bridgehead atoms. The zero-order valence-electron chi connectivity index (χ0n) is 15.7. The maximum absolute atomic E-state index is 12.7. The smallest absolute Gasteiger partial charge is 0.323 e. The van der Waals surface area contributed by atoms with Gasteiger partial charge in [0, 0.05) is 20.0 Å². The summed E-state index contributed by atoms with van der Waals surface area (Å²) in [5.41, 5.74) is 3.50. The number of likely N-dealkylation sites (tertiary alicyclic amines) is 1.